The molecule has 10 heavy (non-hydrogen) atoms. The van der Waals surface area contributed by atoms with Crippen LogP contribution in [0.3, 0.4) is 0 Å². The molecule has 2 atom stereocenters. The molecule has 0 rings (SSSR count). The van der Waals surface area contributed by atoms with Crippen molar-refractivity contribution in [3.8, 4) is 0 Å². The van der Waals surface area contributed by atoms with Crippen molar-refractivity contribution in [2.45, 2.75) is 33.2 Å². The highest BCUT2D eigenvalue weighted by Crippen LogP contribution is 2.20. The zero-order valence-corrected chi connectivity index (χ0v) is 7.52. The molecule has 0 saturated heterocycles. The van der Waals surface area contributed by atoms with Crippen LogP contribution in [0.5, 0.6) is 0 Å². The summed E-state index contributed by atoms with van der Waals surface area (Å²) >= 11 is 0. The quantitative estimate of drug-likeness (QED) is 0.619. The van der Waals surface area contributed by atoms with E-state index in [9.17, 15) is 0 Å². The molecule has 2 nitrogen and oxygen atoms in total. The first-order chi connectivity index (χ1) is 4.39. The summed E-state index contributed by atoms with van der Waals surface area (Å²) in [5, 5.41) is 0. The van der Waals surface area contributed by atoms with Gasteiger partial charge < -0.3 is 11.5 Å². The minimum Gasteiger partial charge on any atom is -0.330 e. The zero-order chi connectivity index (χ0) is 8.36. The molecule has 0 aliphatic carbocycles. The molecule has 0 aromatic rings. The third-order valence-electron chi connectivity index (χ3n) is 2.40. The molecule has 0 heterocycles. The number of hydrogen-bond acceptors (Lipinski definition) is 2. The second-order valence-corrected chi connectivity index (χ2v) is 3.82. The van der Waals surface area contributed by atoms with Crippen molar-refractivity contribution < 1.29 is 0 Å². The molecule has 2 unspecified atom stereocenters. The third-order valence-corrected chi connectivity index (χ3v) is 2.40. The van der Waals surface area contributed by atoms with E-state index in [2.05, 4.69) is 13.8 Å². The second kappa shape index (κ2) is 3.35. The highest BCUT2D eigenvalue weighted by Gasteiger charge is 2.24. The maximum atomic E-state index is 5.90. The highest BCUT2D eigenvalue weighted by molar-refractivity contribution is 4.82. The van der Waals surface area contributed by atoms with Gasteiger partial charge in [0.2, 0.25) is 0 Å². The van der Waals surface area contributed by atoms with E-state index < -0.39 is 0 Å². The maximum absolute atomic E-state index is 5.90. The Kier molecular flexibility index (Phi) is 3.33. The van der Waals surface area contributed by atoms with Crippen molar-refractivity contribution in [3.63, 3.8) is 0 Å². The van der Waals surface area contributed by atoms with E-state index in [1.165, 1.54) is 0 Å². The molecule has 0 aromatic heterocycles. The van der Waals surface area contributed by atoms with Crippen LogP contribution in [0.25, 0.3) is 0 Å². The Morgan fingerprint density at radius 1 is 1.30 bits per heavy atom. The Labute approximate surface area is 64.0 Å². The van der Waals surface area contributed by atoms with Crippen LogP contribution in [-0.4, -0.2) is 12.1 Å². The van der Waals surface area contributed by atoms with Crippen LogP contribution >= 0.6 is 0 Å². The van der Waals surface area contributed by atoms with Gasteiger partial charge in [0, 0.05) is 5.54 Å². The minimum absolute atomic E-state index is 0.0984. The van der Waals surface area contributed by atoms with Crippen LogP contribution in [0.15, 0.2) is 0 Å². The van der Waals surface area contributed by atoms with Crippen molar-refractivity contribution in [1.29, 1.82) is 0 Å². The van der Waals surface area contributed by atoms with Crippen molar-refractivity contribution in [2.75, 3.05) is 6.54 Å². The lowest BCUT2D eigenvalue weighted by molar-refractivity contribution is 0.257. The maximum Gasteiger partial charge on any atom is 0.0126 e. The van der Waals surface area contributed by atoms with Crippen LogP contribution in [0.1, 0.15) is 27.7 Å². The molecule has 0 bridgehead atoms. The highest BCUT2D eigenvalue weighted by atomic mass is 14.7. The SMILES string of the molecule is CC(CN)C(C)C(C)(C)N. The van der Waals surface area contributed by atoms with Gasteiger partial charge in [-0.15, -0.1) is 0 Å². The topological polar surface area (TPSA) is 52.0 Å². The molecule has 0 aromatic carbocycles. The summed E-state index contributed by atoms with van der Waals surface area (Å²) in [5.74, 6) is 0.998. The summed E-state index contributed by atoms with van der Waals surface area (Å²) in [4.78, 5) is 0. The van der Waals surface area contributed by atoms with Crippen LogP contribution < -0.4 is 11.5 Å². The lowest BCUT2D eigenvalue weighted by atomic mass is 9.81. The fourth-order valence-corrected chi connectivity index (χ4v) is 0.937. The summed E-state index contributed by atoms with van der Waals surface area (Å²) in [6.07, 6.45) is 0. The fourth-order valence-electron chi connectivity index (χ4n) is 0.937. The number of hydrogen-bond donors (Lipinski definition) is 2. The van der Waals surface area contributed by atoms with E-state index in [0.717, 1.165) is 6.54 Å². The predicted molar refractivity (Wildman–Crippen MR) is 45.6 cm³/mol. The molecule has 0 aliphatic rings. The monoisotopic (exact) mass is 144 g/mol. The van der Waals surface area contributed by atoms with E-state index >= 15 is 0 Å². The Bertz CT molecular complexity index is 93.9. The van der Waals surface area contributed by atoms with Gasteiger partial charge in [-0.3, -0.25) is 0 Å². The second-order valence-electron chi connectivity index (χ2n) is 3.82. The lowest BCUT2D eigenvalue weighted by Crippen LogP contribution is -2.44. The van der Waals surface area contributed by atoms with Crippen LogP contribution in [0, 0.1) is 11.8 Å². The Morgan fingerprint density at radius 2 is 1.70 bits per heavy atom. The molecule has 0 saturated carbocycles. The average Bonchev–Trinajstić information content (AvgIpc) is 1.83. The molecule has 0 radical (unpaired) electrons. The molecule has 62 valence electrons. The number of nitrogens with two attached hydrogens (primary N) is 2. The standard InChI is InChI=1S/C8H20N2/c1-6(5-9)7(2)8(3,4)10/h6-7H,5,9-10H2,1-4H3. The summed E-state index contributed by atoms with van der Waals surface area (Å²) < 4.78 is 0. The van der Waals surface area contributed by atoms with E-state index in [1.54, 1.807) is 0 Å². The van der Waals surface area contributed by atoms with Gasteiger partial charge >= 0.3 is 0 Å². The Hall–Kier alpha value is -0.0800. The molecule has 0 fully saturated rings. The molecule has 0 spiro atoms. The minimum atomic E-state index is -0.0984. The molecule has 2 heteroatoms. The van der Waals surface area contributed by atoms with Gasteiger partial charge in [-0.05, 0) is 32.2 Å². The van der Waals surface area contributed by atoms with Gasteiger partial charge in [-0.1, -0.05) is 13.8 Å². The van der Waals surface area contributed by atoms with Crippen molar-refractivity contribution >= 4 is 0 Å². The normalized spacial score (nSPS) is 18.6. The van der Waals surface area contributed by atoms with Crippen LogP contribution in [-0.2, 0) is 0 Å². The molecule has 0 amide bonds. The van der Waals surface area contributed by atoms with Gasteiger partial charge in [0.15, 0.2) is 0 Å². The summed E-state index contributed by atoms with van der Waals surface area (Å²) in [7, 11) is 0. The molecule has 0 aliphatic heterocycles. The summed E-state index contributed by atoms with van der Waals surface area (Å²) in [6.45, 7) is 9.10. The van der Waals surface area contributed by atoms with Crippen molar-refractivity contribution in [1.82, 2.24) is 0 Å². The van der Waals surface area contributed by atoms with Gasteiger partial charge in [0.1, 0.15) is 0 Å². The van der Waals surface area contributed by atoms with Crippen molar-refractivity contribution in [2.24, 2.45) is 23.3 Å². The average molecular weight is 144 g/mol. The van der Waals surface area contributed by atoms with Crippen LogP contribution in [0.2, 0.25) is 0 Å². The first kappa shape index (κ1) is 9.92. The largest absolute Gasteiger partial charge is 0.330 e. The smallest absolute Gasteiger partial charge is 0.0126 e. The zero-order valence-electron chi connectivity index (χ0n) is 7.52. The lowest BCUT2D eigenvalue weighted by Gasteiger charge is -2.31. The van der Waals surface area contributed by atoms with Gasteiger partial charge in [0.05, 0.1) is 0 Å². The molecular weight excluding hydrogens is 124 g/mol. The van der Waals surface area contributed by atoms with E-state index in [1.807, 2.05) is 13.8 Å². The Balaban J connectivity index is 3.94. The molecule has 4 N–H and O–H groups in total. The first-order valence-electron chi connectivity index (χ1n) is 3.88. The van der Waals surface area contributed by atoms with Gasteiger partial charge in [0.25, 0.3) is 0 Å². The van der Waals surface area contributed by atoms with E-state index in [-0.39, 0.29) is 5.54 Å². The van der Waals surface area contributed by atoms with Crippen molar-refractivity contribution in [3.05, 3.63) is 0 Å². The number of rotatable bonds is 3. The van der Waals surface area contributed by atoms with Gasteiger partial charge in [-0.25, -0.2) is 0 Å². The summed E-state index contributed by atoms with van der Waals surface area (Å²) in [6, 6.07) is 0. The van der Waals surface area contributed by atoms with E-state index in [0.29, 0.717) is 11.8 Å². The fraction of sp³-hybridized carbons (Fsp3) is 1.00. The summed E-state index contributed by atoms with van der Waals surface area (Å²) in [5.41, 5.74) is 11.3. The molecular formula is C8H20N2. The Morgan fingerprint density at radius 3 is 1.80 bits per heavy atom. The predicted octanol–water partition coefficient (Wildman–Crippen LogP) is 0.955. The van der Waals surface area contributed by atoms with Crippen LogP contribution in [0.4, 0.5) is 0 Å². The first-order valence-corrected chi connectivity index (χ1v) is 3.88. The van der Waals surface area contributed by atoms with E-state index in [4.69, 9.17) is 11.5 Å². The van der Waals surface area contributed by atoms with Gasteiger partial charge in [-0.2, -0.15) is 0 Å². The third kappa shape index (κ3) is 2.67.